The number of thioether (sulfide) groups is 1. The first-order chi connectivity index (χ1) is 6.15. The number of ether oxygens (including phenoxy) is 1. The van der Waals surface area contributed by atoms with Crippen LogP contribution in [0.1, 0.15) is 6.92 Å². The van der Waals surface area contributed by atoms with E-state index in [4.69, 9.17) is 5.26 Å². The third kappa shape index (κ3) is 4.38. The zero-order valence-corrected chi connectivity index (χ0v) is 8.51. The van der Waals surface area contributed by atoms with Crippen LogP contribution in [-0.4, -0.2) is 30.5 Å². The lowest BCUT2D eigenvalue weighted by atomic mass is 10.4. The van der Waals surface area contributed by atoms with Gasteiger partial charge in [-0.15, -0.1) is 0 Å². The number of amidine groups is 1. The van der Waals surface area contributed by atoms with Gasteiger partial charge in [-0.05, 0) is 13.2 Å². The topological polar surface area (TPSA) is 74.5 Å². The Morgan fingerprint density at radius 2 is 2.38 bits per heavy atom. The Kier molecular flexibility index (Phi) is 5.72. The third-order valence-electron chi connectivity index (χ3n) is 1.21. The summed E-state index contributed by atoms with van der Waals surface area (Å²) >= 11 is 1.26. The quantitative estimate of drug-likeness (QED) is 0.229. The average molecular weight is 201 g/mol. The summed E-state index contributed by atoms with van der Waals surface area (Å²) in [5, 5.41) is 11.1. The van der Waals surface area contributed by atoms with Crippen LogP contribution in [0.4, 0.5) is 0 Å². The predicted octanol–water partition coefficient (Wildman–Crippen LogP) is 0.338. The number of rotatable bonds is 2. The Labute approximate surface area is 81.2 Å². The zero-order valence-electron chi connectivity index (χ0n) is 7.70. The molecule has 0 rings (SSSR count). The van der Waals surface area contributed by atoms with Crippen LogP contribution >= 0.6 is 11.8 Å². The van der Waals surface area contributed by atoms with Gasteiger partial charge < -0.3 is 4.74 Å². The Hall–Kier alpha value is -1.22. The molecule has 0 spiro atoms. The van der Waals surface area contributed by atoms with Crippen molar-refractivity contribution in [2.75, 3.05) is 13.4 Å². The fourth-order valence-electron chi connectivity index (χ4n) is 0.583. The van der Waals surface area contributed by atoms with Crippen molar-refractivity contribution in [3.8, 4) is 6.19 Å². The summed E-state index contributed by atoms with van der Waals surface area (Å²) in [6.07, 6.45) is 3.48. The van der Waals surface area contributed by atoms with Crippen molar-refractivity contribution in [3.63, 3.8) is 0 Å². The van der Waals surface area contributed by atoms with Crippen LogP contribution in [0.15, 0.2) is 4.99 Å². The summed E-state index contributed by atoms with van der Waals surface area (Å²) in [6.45, 7) is 1.60. The van der Waals surface area contributed by atoms with E-state index in [0.29, 0.717) is 5.17 Å². The van der Waals surface area contributed by atoms with Gasteiger partial charge in [0.15, 0.2) is 11.4 Å². The highest BCUT2D eigenvalue weighted by atomic mass is 32.2. The van der Waals surface area contributed by atoms with Gasteiger partial charge in [0, 0.05) is 0 Å². The molecule has 0 aliphatic rings. The highest BCUT2D eigenvalue weighted by Gasteiger charge is 2.11. The van der Waals surface area contributed by atoms with Crippen LogP contribution in [0.25, 0.3) is 0 Å². The van der Waals surface area contributed by atoms with Crippen LogP contribution in [0.3, 0.4) is 0 Å². The van der Waals surface area contributed by atoms with Gasteiger partial charge in [0.2, 0.25) is 0 Å². The molecule has 6 heteroatoms. The van der Waals surface area contributed by atoms with Crippen molar-refractivity contribution < 1.29 is 9.53 Å². The first-order valence-corrected chi connectivity index (χ1v) is 4.73. The fourth-order valence-corrected chi connectivity index (χ4v) is 0.994. The molecule has 0 saturated carbocycles. The molecule has 1 atom stereocenters. The van der Waals surface area contributed by atoms with E-state index in [0.717, 1.165) is 0 Å². The number of nitrogens with one attached hydrogen (secondary N) is 1. The third-order valence-corrected chi connectivity index (χ3v) is 1.80. The molecule has 13 heavy (non-hydrogen) atoms. The van der Waals surface area contributed by atoms with Crippen molar-refractivity contribution in [1.29, 1.82) is 5.26 Å². The Bertz CT molecular complexity index is 247. The zero-order chi connectivity index (χ0) is 10.3. The number of carbonyl (C=O) groups is 1. The molecule has 0 aliphatic heterocycles. The Morgan fingerprint density at radius 3 is 2.77 bits per heavy atom. The van der Waals surface area contributed by atoms with Crippen LogP contribution in [0.2, 0.25) is 0 Å². The highest BCUT2D eigenvalue weighted by molar-refractivity contribution is 8.13. The van der Waals surface area contributed by atoms with Crippen molar-refractivity contribution in [2.24, 2.45) is 4.99 Å². The molecule has 0 fully saturated rings. The smallest absolute Gasteiger partial charge is 0.330 e. The van der Waals surface area contributed by atoms with Crippen LogP contribution in [0.5, 0.6) is 0 Å². The number of hydrogen-bond acceptors (Lipinski definition) is 5. The van der Waals surface area contributed by atoms with Crippen LogP contribution < -0.4 is 5.32 Å². The molecule has 0 aromatic heterocycles. The maximum Gasteiger partial charge on any atom is 0.330 e. The number of hydrogen-bond donors (Lipinski definition) is 1. The van der Waals surface area contributed by atoms with E-state index in [9.17, 15) is 4.79 Å². The lowest BCUT2D eigenvalue weighted by Crippen LogP contribution is -2.22. The second kappa shape index (κ2) is 6.31. The molecule has 1 unspecified atom stereocenters. The maximum absolute atomic E-state index is 10.9. The van der Waals surface area contributed by atoms with E-state index in [1.165, 1.54) is 18.9 Å². The van der Waals surface area contributed by atoms with Crippen molar-refractivity contribution in [3.05, 3.63) is 0 Å². The number of esters is 1. The molecule has 0 aliphatic carbocycles. The molecule has 5 nitrogen and oxygen atoms in total. The van der Waals surface area contributed by atoms with Gasteiger partial charge in [-0.25, -0.2) is 9.79 Å². The second-order valence-corrected chi connectivity index (χ2v) is 2.87. The summed E-state index contributed by atoms with van der Waals surface area (Å²) in [5.41, 5.74) is 0. The molecule has 0 aromatic carbocycles. The molecule has 0 heterocycles. The normalized spacial score (nSPS) is 12.9. The van der Waals surface area contributed by atoms with Crippen molar-refractivity contribution in [2.45, 2.75) is 13.0 Å². The van der Waals surface area contributed by atoms with E-state index < -0.39 is 12.0 Å². The fraction of sp³-hybridized carbons (Fsp3) is 0.571. The summed E-state index contributed by atoms with van der Waals surface area (Å²) in [4.78, 5) is 14.8. The van der Waals surface area contributed by atoms with E-state index in [2.05, 4.69) is 15.0 Å². The van der Waals surface area contributed by atoms with Gasteiger partial charge >= 0.3 is 5.97 Å². The van der Waals surface area contributed by atoms with Crippen molar-refractivity contribution >= 4 is 22.9 Å². The molecular weight excluding hydrogens is 190 g/mol. The first-order valence-electron chi connectivity index (χ1n) is 3.50. The van der Waals surface area contributed by atoms with E-state index in [1.807, 2.05) is 0 Å². The van der Waals surface area contributed by atoms with E-state index in [1.54, 1.807) is 19.4 Å². The number of nitrogens with zero attached hydrogens (tertiary/aromatic N) is 2. The van der Waals surface area contributed by atoms with Gasteiger partial charge in [0.05, 0.1) is 7.11 Å². The average Bonchev–Trinajstić information content (AvgIpc) is 2.15. The van der Waals surface area contributed by atoms with Crippen LogP contribution in [-0.2, 0) is 9.53 Å². The molecule has 0 radical (unpaired) electrons. The first kappa shape index (κ1) is 11.8. The molecule has 0 bridgehead atoms. The molecule has 1 N–H and O–H groups in total. The van der Waals surface area contributed by atoms with Gasteiger partial charge in [0.1, 0.15) is 6.04 Å². The molecule has 0 amide bonds. The van der Waals surface area contributed by atoms with Gasteiger partial charge in [-0.2, -0.15) is 5.26 Å². The second-order valence-electron chi connectivity index (χ2n) is 2.07. The van der Waals surface area contributed by atoms with E-state index >= 15 is 0 Å². The van der Waals surface area contributed by atoms with Gasteiger partial charge in [-0.3, -0.25) is 5.32 Å². The summed E-state index contributed by atoms with van der Waals surface area (Å²) in [7, 11) is 1.30. The SMILES string of the molecule is COC(=O)C(C)N=C(NC#N)SC. The molecule has 0 aromatic rings. The molecular formula is C7H11N3O2S. The molecule has 0 saturated heterocycles. The molecule has 72 valence electrons. The predicted molar refractivity (Wildman–Crippen MR) is 51.2 cm³/mol. The largest absolute Gasteiger partial charge is 0.467 e. The van der Waals surface area contributed by atoms with E-state index in [-0.39, 0.29) is 0 Å². The minimum Gasteiger partial charge on any atom is -0.467 e. The number of aliphatic imine (C=N–C) groups is 1. The lowest BCUT2D eigenvalue weighted by molar-refractivity contribution is -0.141. The minimum atomic E-state index is -0.590. The maximum atomic E-state index is 10.9. The number of methoxy groups -OCH3 is 1. The minimum absolute atomic E-state index is 0.403. The monoisotopic (exact) mass is 201 g/mol. The standard InChI is InChI=1S/C7H11N3O2S/c1-5(6(11)12-2)10-7(13-3)9-4-8/h5H,1-3H3,(H,9,10). The summed E-state index contributed by atoms with van der Waals surface area (Å²) in [5.74, 6) is -0.425. The number of nitriles is 1. The number of carbonyl (C=O) groups excluding carboxylic acids is 1. The van der Waals surface area contributed by atoms with Crippen molar-refractivity contribution in [1.82, 2.24) is 5.32 Å². The lowest BCUT2D eigenvalue weighted by Gasteiger charge is -2.05. The Balaban J connectivity index is 4.33. The summed E-state index contributed by atoms with van der Waals surface area (Å²) < 4.78 is 4.47. The summed E-state index contributed by atoms with van der Waals surface area (Å²) in [6, 6.07) is -0.590. The Morgan fingerprint density at radius 1 is 1.77 bits per heavy atom. The van der Waals surface area contributed by atoms with Crippen LogP contribution in [0, 0.1) is 11.5 Å². The van der Waals surface area contributed by atoms with Gasteiger partial charge in [0.25, 0.3) is 0 Å². The van der Waals surface area contributed by atoms with Gasteiger partial charge in [-0.1, -0.05) is 11.8 Å². The highest BCUT2D eigenvalue weighted by Crippen LogP contribution is 2.00.